The average Bonchev–Trinajstić information content (AvgIpc) is 1.63. The number of methoxy groups -OCH3 is 3. The molecule has 7 aliphatic heterocycles. The van der Waals surface area contributed by atoms with Crippen LogP contribution in [0.4, 0.5) is 9.59 Å². The minimum absolute atomic E-state index is 0.00769. The fourth-order valence-electron chi connectivity index (χ4n) is 17.0. The standard InChI is InChI=1S/C81H123N5O27/c1-23-52-80(16,100)69(94)46(10)60(88)40(4)36-78(14,102-21)71(111-75-63(91)50(85(18)19)35-41(5)106-75)47(11)67(48(12)74(97)108-52)109-53-37-79(15,103-22)72(49(13)107-53)112-77(99)83-29-28-82-76(98)110-66-42(6)51(101-20)27-32-105-81(17)70(95)56-54-55(62(90)45(9)68(56)113-81)64(92)57(58(65(54)93)86-30-33-104-34-31-86)84-73(96)39(3)26-24-25-38(2)59(87)43(7)61(89)44(66)8/h24-27,32,38,40-44,46-53,59,61,63,66-67,69,71-72,75,87,89-91,94,100H,23,28-31,33-37H2,1-22H3,(H,82,98)(H,83,99)(H,84,96)/b25-24+,32-27+,39-26-/t38-,40-,41-,42+,43+,44+,46+,47+,48-,49+,50?,51-,52-,53+,59-,61+,63-,66+,67+,69-,71-,72+,75+,78+,79-,80-,81-/m0/s1. The molecule has 1 aliphatic carbocycles. The van der Waals surface area contributed by atoms with Gasteiger partial charge in [0, 0.05) is 119 Å². The number of esters is 1. The number of phenolic OH excluding ortho intramolecular Hbond substituents is 1. The van der Waals surface area contributed by atoms with Crippen LogP contribution in [-0.4, -0.2) is 277 Å². The van der Waals surface area contributed by atoms with E-state index in [2.05, 4.69) is 16.0 Å². The van der Waals surface area contributed by atoms with Gasteiger partial charge in [0.2, 0.25) is 11.6 Å². The van der Waals surface area contributed by atoms with Crippen molar-refractivity contribution in [2.24, 2.45) is 47.3 Å². The summed E-state index contributed by atoms with van der Waals surface area (Å²) in [6, 6.07) is -0.399. The van der Waals surface area contributed by atoms with E-state index < -0.39 is 225 Å². The van der Waals surface area contributed by atoms with E-state index in [9.17, 15) is 64.2 Å². The van der Waals surface area contributed by atoms with Gasteiger partial charge in [-0.05, 0) is 94.8 Å². The van der Waals surface area contributed by atoms with Crippen LogP contribution in [0.3, 0.4) is 0 Å². The Morgan fingerprint density at radius 2 is 1.34 bits per heavy atom. The Labute approximate surface area is 662 Å². The van der Waals surface area contributed by atoms with Crippen LogP contribution in [-0.2, 0) is 71.2 Å². The summed E-state index contributed by atoms with van der Waals surface area (Å²) in [6.45, 7) is 27.3. The number of carbonyl (C=O) groups is 8. The molecule has 8 aliphatic rings. The number of aliphatic hydroxyl groups is 5. The molecule has 1 unspecified atom stereocenters. The van der Waals surface area contributed by atoms with Crippen LogP contribution in [0.5, 0.6) is 11.5 Å². The fourth-order valence-corrected chi connectivity index (χ4v) is 17.0. The van der Waals surface area contributed by atoms with E-state index >= 15 is 4.79 Å². The molecule has 4 saturated heterocycles. The lowest BCUT2D eigenvalue weighted by molar-refractivity contribution is -0.319. The van der Waals surface area contributed by atoms with E-state index in [-0.39, 0.29) is 92.9 Å². The lowest BCUT2D eigenvalue weighted by atomic mass is 9.74. The molecule has 9 N–H and O–H groups in total. The van der Waals surface area contributed by atoms with Gasteiger partial charge in [0.05, 0.1) is 96.5 Å². The Hall–Kier alpha value is -7.02. The molecule has 7 heterocycles. The maximum absolute atomic E-state index is 15.0. The van der Waals surface area contributed by atoms with Crippen molar-refractivity contribution in [3.05, 3.63) is 69.8 Å². The van der Waals surface area contributed by atoms with Crippen LogP contribution < -0.4 is 20.7 Å². The summed E-state index contributed by atoms with van der Waals surface area (Å²) >= 11 is 0. The van der Waals surface area contributed by atoms with Crippen LogP contribution in [0.2, 0.25) is 0 Å². The number of fused-ring (bicyclic) bond motifs is 14. The van der Waals surface area contributed by atoms with Crippen molar-refractivity contribution in [1.82, 2.24) is 25.8 Å². The number of likely N-dealkylation sites (N-methyl/N-ethyl adjacent to an activating group) is 1. The zero-order chi connectivity index (χ0) is 84.2. The molecule has 0 aromatic heterocycles. The molecule has 1 aromatic rings. The molecule has 4 fully saturated rings. The van der Waals surface area contributed by atoms with Crippen molar-refractivity contribution in [3.63, 3.8) is 0 Å². The highest BCUT2D eigenvalue weighted by molar-refractivity contribution is 6.32. The first-order chi connectivity index (χ1) is 52.9. The maximum Gasteiger partial charge on any atom is 0.407 e. The Balaban J connectivity index is 0.999. The van der Waals surface area contributed by atoms with E-state index in [1.165, 1.54) is 74.2 Å². The summed E-state index contributed by atoms with van der Waals surface area (Å²) in [4.78, 5) is 119. The molecule has 32 nitrogen and oxygen atoms in total. The maximum atomic E-state index is 15.0. The lowest BCUT2D eigenvalue weighted by Gasteiger charge is -2.50. The zero-order valence-electron chi connectivity index (χ0n) is 69.4. The van der Waals surface area contributed by atoms with E-state index in [0.29, 0.717) is 6.42 Å². The van der Waals surface area contributed by atoms with Crippen LogP contribution in [0, 0.1) is 54.3 Å². The number of ether oxygens (including phenoxy) is 13. The molecule has 5 bridgehead atoms. The number of amides is 3. The van der Waals surface area contributed by atoms with Crippen LogP contribution >= 0.6 is 0 Å². The molecule has 27 atom stereocenters. The van der Waals surface area contributed by atoms with Crippen LogP contribution in [0.1, 0.15) is 173 Å². The monoisotopic (exact) mass is 1600 g/mol. The smallest absolute Gasteiger partial charge is 0.407 e. The van der Waals surface area contributed by atoms with Crippen molar-refractivity contribution in [2.45, 2.75) is 258 Å². The second-order valence-electron chi connectivity index (χ2n) is 32.8. The number of alkyl carbamates (subject to hydrolysis) is 2. The molecule has 0 radical (unpaired) electrons. The van der Waals surface area contributed by atoms with Crippen molar-refractivity contribution in [1.29, 1.82) is 0 Å². The molecule has 32 heteroatoms. The number of rotatable bonds is 15. The average molecular weight is 1600 g/mol. The Bertz CT molecular complexity index is 3740. The number of aromatic hydroxyl groups is 1. The fraction of sp³-hybridized carbons (Fsp3) is 0.728. The van der Waals surface area contributed by atoms with Gasteiger partial charge in [0.1, 0.15) is 58.2 Å². The Morgan fingerprint density at radius 3 is 1.94 bits per heavy atom. The van der Waals surface area contributed by atoms with Gasteiger partial charge >= 0.3 is 23.9 Å². The number of phenols is 1. The van der Waals surface area contributed by atoms with Crippen LogP contribution in [0.25, 0.3) is 0 Å². The highest BCUT2D eigenvalue weighted by Crippen LogP contribution is 2.50. The van der Waals surface area contributed by atoms with Gasteiger partial charge in [0.25, 0.3) is 11.7 Å². The van der Waals surface area contributed by atoms with E-state index in [1.54, 1.807) is 87.1 Å². The van der Waals surface area contributed by atoms with Crippen molar-refractivity contribution < 1.29 is 131 Å². The van der Waals surface area contributed by atoms with Gasteiger partial charge in [-0.1, -0.05) is 73.6 Å². The summed E-state index contributed by atoms with van der Waals surface area (Å²) in [7, 11) is 7.90. The quantitative estimate of drug-likeness (QED) is 0.0582. The van der Waals surface area contributed by atoms with Crippen molar-refractivity contribution >= 4 is 47.2 Å². The third kappa shape index (κ3) is 19.3. The number of Topliss-reactive ketones (excluding diaryl/α,β-unsaturated/α-hetero) is 4. The van der Waals surface area contributed by atoms with Gasteiger partial charge in [-0.3, -0.25) is 28.8 Å². The second-order valence-corrected chi connectivity index (χ2v) is 32.8. The third-order valence-electron chi connectivity index (χ3n) is 24.3. The lowest BCUT2D eigenvalue weighted by Crippen LogP contribution is -2.62. The Kier molecular flexibility index (Phi) is 30.4. The molecule has 3 amide bonds. The molecular weight excluding hydrogens is 1470 g/mol. The summed E-state index contributed by atoms with van der Waals surface area (Å²) in [5.74, 6) is -15.2. The van der Waals surface area contributed by atoms with Crippen LogP contribution in [0.15, 0.2) is 47.5 Å². The number of hydrogen-bond donors (Lipinski definition) is 9. The normalized spacial score (nSPS) is 39.9. The molecule has 0 spiro atoms. The summed E-state index contributed by atoms with van der Waals surface area (Å²) < 4.78 is 81.5. The number of benzene rings is 1. The van der Waals surface area contributed by atoms with Crippen molar-refractivity contribution in [2.75, 3.05) is 74.8 Å². The number of nitrogens with one attached hydrogen (secondary N) is 3. The first-order valence-corrected chi connectivity index (χ1v) is 39.2. The van der Waals surface area contributed by atoms with E-state index in [1.807, 2.05) is 25.9 Å². The number of aliphatic hydroxyl groups excluding tert-OH is 4. The second kappa shape index (κ2) is 37.5. The Morgan fingerprint density at radius 1 is 0.717 bits per heavy atom. The highest BCUT2D eigenvalue weighted by Gasteiger charge is 2.57. The predicted octanol–water partition coefficient (Wildman–Crippen LogP) is 5.64. The molecule has 113 heavy (non-hydrogen) atoms. The third-order valence-corrected chi connectivity index (χ3v) is 24.3. The molecule has 9 rings (SSSR count). The number of morpholine rings is 1. The summed E-state index contributed by atoms with van der Waals surface area (Å²) in [5.41, 5.74) is -6.82. The molecular formula is C81H123N5O27. The topological polar surface area (TPSA) is 421 Å². The number of allylic oxidation sites excluding steroid dienone is 4. The number of nitrogens with zero attached hydrogens (tertiary/aromatic N) is 2. The first kappa shape index (κ1) is 91.5. The largest absolute Gasteiger partial charge is 0.507 e. The summed E-state index contributed by atoms with van der Waals surface area (Å²) in [6.07, 6.45) is -10.8. The number of hydrogen-bond acceptors (Lipinski definition) is 29. The van der Waals surface area contributed by atoms with Crippen molar-refractivity contribution in [3.8, 4) is 11.5 Å². The number of ketones is 4. The predicted molar refractivity (Wildman–Crippen MR) is 407 cm³/mol. The SMILES string of the molecule is CC[C@@H]1OC(=O)[C@@H](C)[C@H](O[C@@H]2C[C@](C)(OC)[C@H](OC(=O)NCCNC(=O)O[C@H]3[C@H](C)[C@H](O)[C@H](C)[C@@H](O)[C@@H](C)/C=C/C=C(/C)C(=O)NC4=C(N5CCOCC5)C(=O)c5c(c(O)c(C)c6c5C(=O)[C@@](C)(O/C=C/[C@H](OC)[C@H]3C)O6)C4=O)[C@@H](C)O2)[C@@H](C)[C@H](O[C@H]2O[C@@H](C)CC(N(C)C)[C@@H]2O)[C@](C)(OC)C[C@H](C)C(=O)[C@@H](C)[C@H](O)[C@@]1(C)O. The summed E-state index contributed by atoms with van der Waals surface area (Å²) in [5, 5.41) is 79.3. The van der Waals surface area contributed by atoms with Gasteiger partial charge in [-0.25, -0.2) is 9.59 Å². The van der Waals surface area contributed by atoms with Gasteiger partial charge < -0.3 is 118 Å². The van der Waals surface area contributed by atoms with Gasteiger partial charge in [-0.2, -0.15) is 0 Å². The van der Waals surface area contributed by atoms with Gasteiger partial charge in [-0.15, -0.1) is 0 Å². The van der Waals surface area contributed by atoms with Gasteiger partial charge in [0.15, 0.2) is 18.7 Å². The molecule has 634 valence electrons. The van der Waals surface area contributed by atoms with E-state index in [4.69, 9.17) is 61.6 Å². The first-order valence-electron chi connectivity index (χ1n) is 39.2. The number of cyclic esters (lactones) is 1. The molecule has 0 saturated carbocycles. The minimum atomic E-state index is -2.22. The minimum Gasteiger partial charge on any atom is -0.507 e. The highest BCUT2D eigenvalue weighted by atomic mass is 16.7. The zero-order valence-corrected chi connectivity index (χ0v) is 69.4. The van der Waals surface area contributed by atoms with E-state index in [0.717, 1.165) is 6.26 Å². The molecule has 1 aromatic carbocycles. The number of carbonyl (C=O) groups excluding carboxylic acids is 8.